The lowest BCUT2D eigenvalue weighted by Crippen LogP contribution is -2.45. The molecule has 0 radical (unpaired) electrons. The van der Waals surface area contributed by atoms with Gasteiger partial charge >= 0.3 is 7.82 Å². The Morgan fingerprint density at radius 2 is 1.00 bits per heavy atom. The summed E-state index contributed by atoms with van der Waals surface area (Å²) in [4.78, 5) is 23.2. The first-order chi connectivity index (χ1) is 29.5. The minimum Gasteiger partial charge on any atom is -0.387 e. The van der Waals surface area contributed by atoms with Crippen LogP contribution in [-0.2, 0) is 18.4 Å². The van der Waals surface area contributed by atoms with Crippen LogP contribution in [0.15, 0.2) is 97.2 Å². The van der Waals surface area contributed by atoms with Crippen molar-refractivity contribution in [2.45, 2.75) is 187 Å². The lowest BCUT2D eigenvalue weighted by molar-refractivity contribution is -0.870. The van der Waals surface area contributed by atoms with Gasteiger partial charge in [-0.05, 0) is 83.5 Å². The Kier molecular flexibility index (Phi) is 40.9. The van der Waals surface area contributed by atoms with Gasteiger partial charge in [0, 0.05) is 6.42 Å². The first-order valence-electron chi connectivity index (χ1n) is 24.1. The summed E-state index contributed by atoms with van der Waals surface area (Å²) in [5.74, 6) is -0.216. The molecule has 0 rings (SSSR count). The van der Waals surface area contributed by atoms with Crippen molar-refractivity contribution in [1.29, 1.82) is 0 Å². The van der Waals surface area contributed by atoms with Gasteiger partial charge in [-0.15, -0.1) is 0 Å². The monoisotopic (exact) mass is 872 g/mol. The van der Waals surface area contributed by atoms with Crippen molar-refractivity contribution in [3.05, 3.63) is 97.2 Å². The first kappa shape index (κ1) is 58.4. The molecule has 0 aromatic carbocycles. The van der Waals surface area contributed by atoms with Crippen molar-refractivity contribution in [2.24, 2.45) is 0 Å². The lowest BCUT2D eigenvalue weighted by atomic mass is 10.1. The number of nitrogens with zero attached hydrogens (tertiary/aromatic N) is 1. The van der Waals surface area contributed by atoms with E-state index in [1.807, 2.05) is 27.2 Å². The highest BCUT2D eigenvalue weighted by atomic mass is 31.2. The minimum atomic E-state index is -4.36. The fraction of sp³-hybridized carbons (Fsp3) is 0.673. The molecule has 0 aromatic heterocycles. The van der Waals surface area contributed by atoms with Crippen molar-refractivity contribution >= 4 is 13.7 Å². The molecule has 9 heteroatoms. The fourth-order valence-corrected chi connectivity index (χ4v) is 6.97. The van der Waals surface area contributed by atoms with Crippen LogP contribution >= 0.6 is 7.82 Å². The molecular weight excluding hydrogens is 780 g/mol. The predicted molar refractivity (Wildman–Crippen MR) is 262 cm³/mol. The maximum atomic E-state index is 12.9. The zero-order valence-corrected chi connectivity index (χ0v) is 40.5. The number of carbonyl (C=O) groups excluding carboxylic acids is 1. The Labute approximate surface area is 375 Å². The number of allylic oxidation sites excluding steroid dienone is 15. The number of nitrogens with one attached hydrogen (secondary N) is 1. The van der Waals surface area contributed by atoms with E-state index in [1.54, 1.807) is 6.08 Å². The van der Waals surface area contributed by atoms with Crippen LogP contribution < -0.4 is 5.32 Å². The number of aliphatic hydroxyl groups is 1. The molecule has 3 unspecified atom stereocenters. The van der Waals surface area contributed by atoms with Gasteiger partial charge in [0.15, 0.2) is 0 Å². The van der Waals surface area contributed by atoms with Gasteiger partial charge in [0.2, 0.25) is 5.91 Å². The molecule has 1 amide bonds. The average Bonchev–Trinajstić information content (AvgIpc) is 3.21. The Hall–Kier alpha value is -2.58. The number of unbranched alkanes of at least 4 members (excludes halogenated alkanes) is 15. The summed E-state index contributed by atoms with van der Waals surface area (Å²) >= 11 is 0. The van der Waals surface area contributed by atoms with Gasteiger partial charge in [-0.25, -0.2) is 4.57 Å². The summed E-state index contributed by atoms with van der Waals surface area (Å²) in [5.41, 5.74) is 0. The van der Waals surface area contributed by atoms with Crippen molar-refractivity contribution in [3.8, 4) is 0 Å². The third kappa shape index (κ3) is 45.3. The molecule has 0 saturated heterocycles. The van der Waals surface area contributed by atoms with Crippen LogP contribution in [0.3, 0.4) is 0 Å². The number of likely N-dealkylation sites (N-methyl/N-ethyl adjacent to an activating group) is 1. The number of aliphatic hydroxyl groups excluding tert-OH is 1. The van der Waals surface area contributed by atoms with Crippen LogP contribution in [-0.4, -0.2) is 73.4 Å². The summed E-state index contributed by atoms with van der Waals surface area (Å²) in [5, 5.41) is 13.8. The van der Waals surface area contributed by atoms with E-state index in [-0.39, 0.29) is 19.1 Å². The van der Waals surface area contributed by atoms with Gasteiger partial charge in [0.05, 0.1) is 39.9 Å². The normalized spacial score (nSPS) is 15.1. The van der Waals surface area contributed by atoms with Crippen LogP contribution in [0.5, 0.6) is 0 Å². The van der Waals surface area contributed by atoms with Crippen molar-refractivity contribution in [3.63, 3.8) is 0 Å². The predicted octanol–water partition coefficient (Wildman–Crippen LogP) is 13.9. The van der Waals surface area contributed by atoms with E-state index in [0.29, 0.717) is 17.4 Å². The van der Waals surface area contributed by atoms with Crippen LogP contribution in [0.1, 0.15) is 174 Å². The number of quaternary nitrogens is 1. The highest BCUT2D eigenvalue weighted by Crippen LogP contribution is 2.43. The molecule has 0 aliphatic rings. The van der Waals surface area contributed by atoms with Crippen LogP contribution in [0, 0.1) is 0 Å². The molecule has 3 N–H and O–H groups in total. The first-order valence-corrected chi connectivity index (χ1v) is 25.6. The second-order valence-electron chi connectivity index (χ2n) is 17.1. The summed E-state index contributed by atoms with van der Waals surface area (Å²) in [7, 11) is 1.52. The standard InChI is InChI=1S/C52H91N2O6P/c1-6-8-10-12-14-16-18-20-22-24-25-26-27-28-29-30-32-34-36-38-40-42-44-46-52(56)53-50(49-60-61(57,58)59-48-47-54(3,4)5)51(55)45-43-41-39-37-35-33-31-23-21-19-17-15-13-11-9-7-2/h8,10,14,16,20,22,25-26,28-29,32,34-35,37,43,45,50-51,55H,6-7,9,11-13,15,17-19,21,23-24,27,30-31,33,36,38-42,44,46-49H2,1-5H3,(H-,53,56,57,58)/p+1/b10-8-,16-14-,22-20-,26-25-,29-28-,34-32-,37-35+,45-43+. The summed E-state index contributed by atoms with van der Waals surface area (Å²) < 4.78 is 23.6. The second kappa shape index (κ2) is 42.7. The second-order valence-corrected chi connectivity index (χ2v) is 18.5. The van der Waals surface area contributed by atoms with E-state index < -0.39 is 20.0 Å². The zero-order valence-electron chi connectivity index (χ0n) is 39.6. The Balaban J connectivity index is 4.48. The van der Waals surface area contributed by atoms with Crippen molar-refractivity contribution in [2.75, 3.05) is 40.9 Å². The highest BCUT2D eigenvalue weighted by Gasteiger charge is 2.27. The van der Waals surface area contributed by atoms with Crippen LogP contribution in [0.4, 0.5) is 0 Å². The molecule has 0 fully saturated rings. The number of carbonyl (C=O) groups is 1. The van der Waals surface area contributed by atoms with E-state index in [0.717, 1.165) is 89.9 Å². The zero-order chi connectivity index (χ0) is 45.0. The molecule has 0 saturated carbocycles. The SMILES string of the molecule is CC/C=C\C/C=C\C/C=C\C/C=C\C/C=C\C/C=C\CCCCCCC(=O)NC(COP(=O)(O)OCC[N+](C)(C)C)C(O)/C=C/CC/C=C/CCCCCCCCCCCC. The quantitative estimate of drug-likeness (QED) is 0.0244. The molecule has 0 aliphatic carbocycles. The van der Waals surface area contributed by atoms with Gasteiger partial charge in [0.1, 0.15) is 13.2 Å². The third-order valence-corrected chi connectivity index (χ3v) is 11.0. The smallest absolute Gasteiger partial charge is 0.387 e. The van der Waals surface area contributed by atoms with E-state index in [9.17, 15) is 19.4 Å². The maximum Gasteiger partial charge on any atom is 0.472 e. The number of hydrogen-bond donors (Lipinski definition) is 3. The fourth-order valence-electron chi connectivity index (χ4n) is 6.23. The van der Waals surface area contributed by atoms with Crippen LogP contribution in [0.25, 0.3) is 0 Å². The molecule has 0 aliphatic heterocycles. The molecule has 0 spiro atoms. The van der Waals surface area contributed by atoms with E-state index in [2.05, 4.69) is 104 Å². The van der Waals surface area contributed by atoms with Gasteiger partial charge in [-0.1, -0.05) is 182 Å². The van der Waals surface area contributed by atoms with E-state index in [1.165, 1.54) is 64.2 Å². The molecule has 0 heterocycles. The van der Waals surface area contributed by atoms with Gasteiger partial charge in [0.25, 0.3) is 0 Å². The highest BCUT2D eigenvalue weighted by molar-refractivity contribution is 7.47. The van der Waals surface area contributed by atoms with Crippen molar-refractivity contribution in [1.82, 2.24) is 5.32 Å². The molecule has 61 heavy (non-hydrogen) atoms. The number of rotatable bonds is 42. The molecule has 350 valence electrons. The third-order valence-electron chi connectivity index (χ3n) is 10.0. The average molecular weight is 872 g/mol. The maximum absolute atomic E-state index is 12.9. The van der Waals surface area contributed by atoms with Gasteiger partial charge < -0.3 is 19.8 Å². The summed E-state index contributed by atoms with van der Waals surface area (Å²) in [6.07, 6.45) is 60.5. The molecule has 8 nitrogen and oxygen atoms in total. The van der Waals surface area contributed by atoms with Gasteiger partial charge in [-0.2, -0.15) is 0 Å². The Morgan fingerprint density at radius 1 is 0.574 bits per heavy atom. The largest absolute Gasteiger partial charge is 0.472 e. The Morgan fingerprint density at radius 3 is 1.51 bits per heavy atom. The molecule has 0 aromatic rings. The Bertz CT molecular complexity index is 1310. The van der Waals surface area contributed by atoms with E-state index in [4.69, 9.17) is 9.05 Å². The number of hydrogen-bond acceptors (Lipinski definition) is 5. The van der Waals surface area contributed by atoms with Crippen molar-refractivity contribution < 1.29 is 32.9 Å². The number of phosphoric acid groups is 1. The summed E-state index contributed by atoms with van der Waals surface area (Å²) in [6, 6.07) is -0.883. The van der Waals surface area contributed by atoms with E-state index >= 15 is 0 Å². The molecule has 0 bridgehead atoms. The summed E-state index contributed by atoms with van der Waals surface area (Å²) in [6.45, 7) is 4.63. The molecule has 3 atom stereocenters. The number of phosphoric ester groups is 1. The minimum absolute atomic E-state index is 0.0452. The topological polar surface area (TPSA) is 105 Å². The lowest BCUT2D eigenvalue weighted by Gasteiger charge is -2.25. The molecular formula is C52H92N2O6P+. The number of amides is 1. The van der Waals surface area contributed by atoms with Gasteiger partial charge in [-0.3, -0.25) is 13.8 Å². The van der Waals surface area contributed by atoms with Crippen LogP contribution in [0.2, 0.25) is 0 Å².